The van der Waals surface area contributed by atoms with E-state index in [9.17, 15) is 15.6 Å². The number of benzene rings is 1. The summed E-state index contributed by atoms with van der Waals surface area (Å²) in [7, 11) is 0. The molecule has 0 bridgehead atoms. The van der Waals surface area contributed by atoms with E-state index in [1.165, 1.54) is 30.3 Å². The van der Waals surface area contributed by atoms with Crippen LogP contribution in [0.4, 0.5) is 0 Å². The van der Waals surface area contributed by atoms with Crippen LogP contribution in [0, 0.1) is 22.7 Å². The lowest BCUT2D eigenvalue weighted by atomic mass is 10.1. The molecule has 1 atom stereocenters. The molecule has 8 heteroatoms. The summed E-state index contributed by atoms with van der Waals surface area (Å²) < 4.78 is 11.1. The first-order chi connectivity index (χ1) is 15.0. The first-order valence-corrected chi connectivity index (χ1v) is 10.2. The molecular weight excluding hydrogens is 437 g/mol. The highest BCUT2D eigenvalue weighted by molar-refractivity contribution is 6.42. The van der Waals surface area contributed by atoms with Crippen molar-refractivity contribution in [2.24, 2.45) is 0 Å². The Balaban J connectivity index is 2.38. The molecule has 0 aliphatic rings. The van der Waals surface area contributed by atoms with Crippen LogP contribution >= 0.6 is 23.2 Å². The molecule has 6 nitrogen and oxygen atoms in total. The fourth-order valence-electron chi connectivity index (χ4n) is 2.51. The van der Waals surface area contributed by atoms with Gasteiger partial charge < -0.3 is 14.6 Å². The van der Waals surface area contributed by atoms with Crippen LogP contribution in [0.1, 0.15) is 29.8 Å². The van der Waals surface area contributed by atoms with Crippen molar-refractivity contribution in [1.29, 1.82) is 10.5 Å². The van der Waals surface area contributed by atoms with Gasteiger partial charge in [-0.05, 0) is 48.9 Å². The Kier molecular flexibility index (Phi) is 10.1. The summed E-state index contributed by atoms with van der Waals surface area (Å²) in [5, 5.41) is 32.2. The molecule has 2 N–H and O–H groups in total. The number of aliphatic hydroxyl groups excluding tert-OH is 1. The molecule has 0 fully saturated rings. The monoisotopic (exact) mass is 457 g/mol. The van der Waals surface area contributed by atoms with Crippen molar-refractivity contribution in [2.75, 3.05) is 19.8 Å². The molecule has 160 valence electrons. The van der Waals surface area contributed by atoms with Gasteiger partial charge >= 0.3 is 0 Å². The number of hydrogen-bond donors (Lipinski definition) is 2. The molecule has 1 unspecified atom stereocenters. The molecule has 0 heterocycles. The number of nitrogens with one attached hydrogen (secondary N) is 1. The minimum atomic E-state index is -0.909. The zero-order valence-corrected chi connectivity index (χ0v) is 18.3. The van der Waals surface area contributed by atoms with Crippen molar-refractivity contribution in [3.8, 4) is 23.6 Å². The van der Waals surface area contributed by atoms with Gasteiger partial charge in [0, 0.05) is 13.2 Å². The van der Waals surface area contributed by atoms with Gasteiger partial charge in [-0.3, -0.25) is 5.32 Å². The van der Waals surface area contributed by atoms with Crippen LogP contribution in [0.25, 0.3) is 0 Å². The van der Waals surface area contributed by atoms with E-state index in [0.29, 0.717) is 31.1 Å². The van der Waals surface area contributed by atoms with Crippen molar-refractivity contribution < 1.29 is 14.6 Å². The SMILES string of the molecule is CCOCCNC(O)c1cccc(Oc2ccc(C#N)c(C#N)cccc(Cl)c2Cl)c1. The average Bonchev–Trinajstić information content (AvgIpc) is 2.79. The van der Waals surface area contributed by atoms with E-state index in [1.807, 2.05) is 19.1 Å². The standard InChI is InChI=1S/C23H21Cl2N3O3/c1-2-30-12-11-28-23(29)16-5-3-7-19(13-16)31-21-10-9-18(15-27)17(14-26)6-4-8-20(24)22(21)25/h3-10,13,23,28-29H,2,11-12H2,1H3. The molecule has 2 rings (SSSR count). The first-order valence-electron chi connectivity index (χ1n) is 9.43. The van der Waals surface area contributed by atoms with Crippen molar-refractivity contribution in [2.45, 2.75) is 13.2 Å². The van der Waals surface area contributed by atoms with Gasteiger partial charge in [0.05, 0.1) is 22.8 Å². The third kappa shape index (κ3) is 7.41. The molecule has 0 saturated heterocycles. The predicted octanol–water partition coefficient (Wildman–Crippen LogP) is 5.27. The van der Waals surface area contributed by atoms with Gasteiger partial charge in [0.1, 0.15) is 34.9 Å². The quantitative estimate of drug-likeness (QED) is 0.413. The number of aliphatic hydroxyl groups is 1. The minimum absolute atomic E-state index is 0.126. The second-order valence-corrected chi connectivity index (χ2v) is 6.95. The van der Waals surface area contributed by atoms with Crippen LogP contribution in [0.3, 0.4) is 0 Å². The van der Waals surface area contributed by atoms with Gasteiger partial charge in [-0.1, -0.05) is 41.4 Å². The van der Waals surface area contributed by atoms with Gasteiger partial charge in [0.25, 0.3) is 0 Å². The number of nitrogens with zero attached hydrogens (tertiary/aromatic N) is 2. The Labute approximate surface area is 191 Å². The lowest BCUT2D eigenvalue weighted by Crippen LogP contribution is -2.25. The molecule has 0 amide bonds. The second kappa shape index (κ2) is 12.8. The number of hydrogen-bond acceptors (Lipinski definition) is 6. The zero-order chi connectivity index (χ0) is 22.6. The van der Waals surface area contributed by atoms with Gasteiger partial charge in [-0.2, -0.15) is 10.5 Å². The van der Waals surface area contributed by atoms with Gasteiger partial charge in [-0.15, -0.1) is 0 Å². The summed E-state index contributed by atoms with van der Waals surface area (Å²) in [5.41, 5.74) is 0.919. The van der Waals surface area contributed by atoms with Crippen molar-refractivity contribution in [1.82, 2.24) is 5.32 Å². The topological polar surface area (TPSA) is 98.3 Å². The van der Waals surface area contributed by atoms with Crippen LogP contribution in [-0.4, -0.2) is 24.9 Å². The van der Waals surface area contributed by atoms with E-state index in [-0.39, 0.29) is 26.9 Å². The van der Waals surface area contributed by atoms with E-state index in [2.05, 4.69) is 5.32 Å². The molecule has 2 aromatic carbocycles. The third-order valence-corrected chi connectivity index (χ3v) is 4.86. The maximum absolute atomic E-state index is 10.3. The van der Waals surface area contributed by atoms with Gasteiger partial charge in [0.2, 0.25) is 0 Å². The lowest BCUT2D eigenvalue weighted by Gasteiger charge is -2.14. The molecule has 2 aromatic rings. The summed E-state index contributed by atoms with van der Waals surface area (Å²) in [4.78, 5) is 0. The Morgan fingerprint density at radius 3 is 2.45 bits per heavy atom. The predicted molar refractivity (Wildman–Crippen MR) is 119 cm³/mol. The lowest BCUT2D eigenvalue weighted by molar-refractivity contribution is 0.104. The molecule has 31 heavy (non-hydrogen) atoms. The number of ether oxygens (including phenoxy) is 2. The van der Waals surface area contributed by atoms with E-state index in [4.69, 9.17) is 32.7 Å². The fraction of sp³-hybridized carbons (Fsp3) is 0.217. The molecule has 0 radical (unpaired) electrons. The fourth-order valence-corrected chi connectivity index (χ4v) is 2.84. The van der Waals surface area contributed by atoms with Gasteiger partial charge in [-0.25, -0.2) is 0 Å². The largest absolute Gasteiger partial charge is 0.456 e. The summed E-state index contributed by atoms with van der Waals surface area (Å²) in [6, 6.07) is 18.2. The summed E-state index contributed by atoms with van der Waals surface area (Å²) in [6.07, 6.45) is -0.909. The molecule has 0 aliphatic heterocycles. The highest BCUT2D eigenvalue weighted by atomic mass is 35.5. The minimum Gasteiger partial charge on any atom is -0.456 e. The molecular formula is C23H21Cl2N3O3. The normalized spacial score (nSPS) is 11.0. The van der Waals surface area contributed by atoms with Crippen molar-refractivity contribution in [3.05, 3.63) is 81.3 Å². The van der Waals surface area contributed by atoms with E-state index >= 15 is 0 Å². The summed E-state index contributed by atoms with van der Waals surface area (Å²) >= 11 is 12.6. The average molecular weight is 458 g/mol. The van der Waals surface area contributed by atoms with Crippen LogP contribution < -0.4 is 10.1 Å². The number of halogens is 2. The smallest absolute Gasteiger partial charge is 0.147 e. The second-order valence-electron chi connectivity index (χ2n) is 6.16. The Bertz CT molecular complexity index is 1050. The van der Waals surface area contributed by atoms with Crippen molar-refractivity contribution >= 4 is 23.2 Å². The van der Waals surface area contributed by atoms with E-state index in [0.717, 1.165) is 0 Å². The van der Waals surface area contributed by atoms with Crippen LogP contribution in [0.5, 0.6) is 11.5 Å². The zero-order valence-electron chi connectivity index (χ0n) is 16.8. The molecule has 0 aliphatic carbocycles. The molecule has 0 saturated carbocycles. The number of nitriles is 2. The number of rotatable bonds is 8. The summed E-state index contributed by atoms with van der Waals surface area (Å²) in [6.45, 7) is 3.47. The Hall–Kier alpha value is -2.84. The van der Waals surface area contributed by atoms with E-state index in [1.54, 1.807) is 24.3 Å². The molecule has 0 aromatic heterocycles. The highest BCUT2D eigenvalue weighted by Gasteiger charge is 2.10. The molecule has 0 spiro atoms. The van der Waals surface area contributed by atoms with Crippen LogP contribution in [0.2, 0.25) is 10.0 Å². The Morgan fingerprint density at radius 2 is 1.74 bits per heavy atom. The summed E-state index contributed by atoms with van der Waals surface area (Å²) in [5.74, 6) is 0.584. The van der Waals surface area contributed by atoms with Crippen molar-refractivity contribution in [3.63, 3.8) is 0 Å². The van der Waals surface area contributed by atoms with Crippen LogP contribution in [0.15, 0.2) is 54.6 Å². The Morgan fingerprint density at radius 1 is 1.03 bits per heavy atom. The maximum atomic E-state index is 10.3. The first kappa shape index (κ1) is 24.4. The van der Waals surface area contributed by atoms with E-state index < -0.39 is 6.23 Å². The third-order valence-electron chi connectivity index (χ3n) is 4.05. The highest BCUT2D eigenvalue weighted by Crippen LogP contribution is 2.33. The van der Waals surface area contributed by atoms with Gasteiger partial charge in [0.15, 0.2) is 0 Å². The van der Waals surface area contributed by atoms with Crippen LogP contribution in [-0.2, 0) is 4.74 Å². The maximum Gasteiger partial charge on any atom is 0.147 e.